The lowest BCUT2D eigenvalue weighted by atomic mass is 9.73. The summed E-state index contributed by atoms with van der Waals surface area (Å²) in [6.45, 7) is 17.8. The smallest absolute Gasteiger partial charge is 0.311 e. The molecule has 0 spiro atoms. The van der Waals surface area contributed by atoms with E-state index in [0.717, 1.165) is 16.6 Å². The standard InChI is InChI=1S/C49H79ClN4O13/c1-14-37-49(10,60)42(56)28(4)39(53-62-21-15-19-51-34-18-20-52-35-23-32(50)16-17-33(34)35)26(2)24-47(8,59)44(67-46-40(55)36(54(11)12)22-27(3)63-46)29(5)41(30(6)45(58)65-37)66-38-25-48(9,61-13)43(57)31(7)64-38/h16-18,20,23,26-31,36-38,40-44,46,55-57,59-60H,14-15,19,21-22,24-25H2,1-13H3,(H,51,52)/b53-39+/t26-,27-,28-,29-,30-,31-,36+,37+,38?,40-,41-,42+,43-,44-,46?,47-,48+,49-/m1/s1. The fraction of sp³-hybridized carbons (Fsp3) is 0.776. The Morgan fingerprint density at radius 3 is 2.33 bits per heavy atom. The number of hydrogen-bond donors (Lipinski definition) is 6. The van der Waals surface area contributed by atoms with E-state index in [1.807, 2.05) is 51.0 Å². The van der Waals surface area contributed by atoms with E-state index in [1.165, 1.54) is 14.0 Å². The van der Waals surface area contributed by atoms with Crippen molar-refractivity contribution < 1.29 is 63.6 Å². The van der Waals surface area contributed by atoms with Gasteiger partial charge in [-0.15, -0.1) is 0 Å². The van der Waals surface area contributed by atoms with E-state index in [9.17, 15) is 30.3 Å². The van der Waals surface area contributed by atoms with E-state index in [-0.39, 0.29) is 38.0 Å². The first-order valence-electron chi connectivity index (χ1n) is 23.9. The zero-order valence-electron chi connectivity index (χ0n) is 41.7. The largest absolute Gasteiger partial charge is 0.459 e. The second kappa shape index (κ2) is 23.0. The van der Waals surface area contributed by atoms with Gasteiger partial charge in [0.15, 0.2) is 12.6 Å². The van der Waals surface area contributed by atoms with Crippen molar-refractivity contribution in [1.29, 1.82) is 0 Å². The van der Waals surface area contributed by atoms with E-state index in [1.54, 1.807) is 60.7 Å². The summed E-state index contributed by atoms with van der Waals surface area (Å²) in [5.74, 6) is -4.13. The SMILES string of the molecule is CC[C@@H]1OC(=O)[C@H](C)[C@H](OC2C[C@](C)(OC)[C@H](O)[C@@H](C)O2)[C@@H](C)[C@@H](OC2O[C@H](C)C[C@H](N(C)C)[C@H]2O)[C@](C)(O)C[C@@H](C)/C(=N\OCCCNc2ccnc3cc(Cl)ccc23)[C@@H](C)[C@H](O)[C@]1(C)O. The molecule has 0 saturated carbocycles. The summed E-state index contributed by atoms with van der Waals surface area (Å²) in [5, 5.41) is 69.5. The van der Waals surface area contributed by atoms with Crippen LogP contribution in [0.4, 0.5) is 5.69 Å². The number of halogens is 1. The molecule has 18 atom stereocenters. The van der Waals surface area contributed by atoms with Crippen LogP contribution in [0.2, 0.25) is 5.02 Å². The minimum absolute atomic E-state index is 0.0206. The quantitative estimate of drug-likeness (QED) is 0.0852. The number of likely N-dealkylation sites (N-methyl/N-ethyl adjacent to an activating group) is 1. The van der Waals surface area contributed by atoms with Crippen LogP contribution in [0.15, 0.2) is 35.6 Å². The first kappa shape index (κ1) is 55.2. The molecule has 0 radical (unpaired) electrons. The minimum Gasteiger partial charge on any atom is -0.459 e. The number of pyridine rings is 1. The third-order valence-electron chi connectivity index (χ3n) is 14.5. The van der Waals surface area contributed by atoms with Crippen molar-refractivity contribution >= 4 is 39.9 Å². The molecule has 6 N–H and O–H groups in total. The van der Waals surface area contributed by atoms with Gasteiger partial charge in [-0.3, -0.25) is 9.78 Å². The molecule has 3 aliphatic rings. The highest BCUT2D eigenvalue weighted by atomic mass is 35.5. The Bertz CT molecular complexity index is 1960. The van der Waals surface area contributed by atoms with Crippen molar-refractivity contribution in [2.24, 2.45) is 28.8 Å². The summed E-state index contributed by atoms with van der Waals surface area (Å²) < 4.78 is 38.0. The van der Waals surface area contributed by atoms with Gasteiger partial charge in [0.25, 0.3) is 0 Å². The minimum atomic E-state index is -1.97. The molecular formula is C49H79ClN4O13. The number of rotatable bonds is 13. The number of cyclic esters (lactones) is 1. The lowest BCUT2D eigenvalue weighted by Crippen LogP contribution is -2.61. The molecule has 18 heteroatoms. The Labute approximate surface area is 401 Å². The summed E-state index contributed by atoms with van der Waals surface area (Å²) in [4.78, 5) is 26.8. The van der Waals surface area contributed by atoms with Crippen LogP contribution < -0.4 is 5.32 Å². The van der Waals surface area contributed by atoms with Gasteiger partial charge in [0.1, 0.15) is 30.5 Å². The van der Waals surface area contributed by atoms with Gasteiger partial charge in [-0.1, -0.05) is 44.5 Å². The van der Waals surface area contributed by atoms with Crippen LogP contribution in [-0.2, 0) is 38.1 Å². The van der Waals surface area contributed by atoms with Gasteiger partial charge in [0.2, 0.25) is 0 Å². The van der Waals surface area contributed by atoms with Crippen LogP contribution in [0, 0.1) is 23.7 Å². The number of nitrogens with one attached hydrogen (secondary N) is 1. The van der Waals surface area contributed by atoms with Gasteiger partial charge in [-0.2, -0.15) is 0 Å². The van der Waals surface area contributed by atoms with Crippen LogP contribution in [0.3, 0.4) is 0 Å². The zero-order chi connectivity index (χ0) is 49.8. The highest BCUT2D eigenvalue weighted by Gasteiger charge is 2.53. The Morgan fingerprint density at radius 1 is 0.970 bits per heavy atom. The summed E-state index contributed by atoms with van der Waals surface area (Å²) in [5.41, 5.74) is -2.81. The molecule has 0 bridgehead atoms. The van der Waals surface area contributed by atoms with E-state index in [2.05, 4.69) is 15.5 Å². The number of aliphatic hydroxyl groups is 5. The van der Waals surface area contributed by atoms with Crippen molar-refractivity contribution in [3.8, 4) is 0 Å². The lowest BCUT2D eigenvalue weighted by Gasteiger charge is -2.49. The normalized spacial score (nSPS) is 41.2. The maximum Gasteiger partial charge on any atom is 0.311 e. The number of ether oxygens (including phenoxy) is 6. The van der Waals surface area contributed by atoms with E-state index >= 15 is 0 Å². The van der Waals surface area contributed by atoms with Crippen LogP contribution in [0.25, 0.3) is 10.9 Å². The molecule has 67 heavy (non-hydrogen) atoms. The average Bonchev–Trinajstić information content (AvgIpc) is 3.26. The van der Waals surface area contributed by atoms with E-state index in [0.29, 0.717) is 30.1 Å². The molecule has 2 aromatic rings. The Kier molecular flexibility index (Phi) is 18.9. The average molecular weight is 968 g/mol. The molecule has 17 nitrogen and oxygen atoms in total. The Morgan fingerprint density at radius 2 is 1.67 bits per heavy atom. The van der Waals surface area contributed by atoms with E-state index < -0.39 is 102 Å². The van der Waals surface area contributed by atoms with Gasteiger partial charge in [-0.25, -0.2) is 0 Å². The van der Waals surface area contributed by atoms with Crippen molar-refractivity contribution in [3.05, 3.63) is 35.5 Å². The molecule has 3 saturated heterocycles. The number of carbonyl (C=O) groups excluding carboxylic acids is 1. The lowest BCUT2D eigenvalue weighted by molar-refractivity contribution is -0.317. The third-order valence-corrected chi connectivity index (χ3v) is 14.7. The molecule has 380 valence electrons. The third kappa shape index (κ3) is 12.8. The number of oxime groups is 1. The molecule has 1 aromatic carbocycles. The van der Waals surface area contributed by atoms with Crippen molar-refractivity contribution in [3.63, 3.8) is 0 Å². The van der Waals surface area contributed by atoms with Crippen molar-refractivity contribution in [1.82, 2.24) is 9.88 Å². The monoisotopic (exact) mass is 967 g/mol. The zero-order valence-corrected chi connectivity index (χ0v) is 42.5. The number of methoxy groups -OCH3 is 1. The predicted octanol–water partition coefficient (Wildman–Crippen LogP) is 5.29. The summed E-state index contributed by atoms with van der Waals surface area (Å²) >= 11 is 6.19. The fourth-order valence-corrected chi connectivity index (χ4v) is 10.5. The number of anilines is 1. The van der Waals surface area contributed by atoms with Crippen LogP contribution in [-0.4, -0.2) is 166 Å². The van der Waals surface area contributed by atoms with E-state index in [4.69, 9.17) is 44.9 Å². The van der Waals surface area contributed by atoms with Gasteiger partial charge in [0.05, 0.1) is 58.9 Å². The molecule has 0 aliphatic carbocycles. The van der Waals surface area contributed by atoms with Gasteiger partial charge in [0, 0.05) is 72.6 Å². The Hall–Kier alpha value is -2.78. The molecular weight excluding hydrogens is 888 g/mol. The predicted molar refractivity (Wildman–Crippen MR) is 254 cm³/mol. The highest BCUT2D eigenvalue weighted by Crippen LogP contribution is 2.41. The van der Waals surface area contributed by atoms with Crippen LogP contribution in [0.1, 0.15) is 101 Å². The molecule has 2 unspecified atom stereocenters. The number of hydrogen-bond acceptors (Lipinski definition) is 17. The molecule has 4 heterocycles. The first-order valence-corrected chi connectivity index (χ1v) is 24.2. The molecule has 3 fully saturated rings. The topological polar surface area (TPSA) is 223 Å². The summed E-state index contributed by atoms with van der Waals surface area (Å²) in [7, 11) is 5.23. The number of carbonyl (C=O) groups is 1. The molecule has 1 aromatic heterocycles. The molecule has 5 rings (SSSR count). The van der Waals surface area contributed by atoms with Gasteiger partial charge in [-0.05, 0) is 99.2 Å². The first-order chi connectivity index (χ1) is 31.4. The maximum absolute atomic E-state index is 14.5. The van der Waals surface area contributed by atoms with Crippen molar-refractivity contribution in [2.75, 3.05) is 39.7 Å². The van der Waals surface area contributed by atoms with Crippen LogP contribution in [0.5, 0.6) is 0 Å². The number of esters is 1. The number of aromatic nitrogens is 1. The van der Waals surface area contributed by atoms with Crippen LogP contribution >= 0.6 is 11.6 Å². The second-order valence-corrected chi connectivity index (χ2v) is 20.7. The fourth-order valence-electron chi connectivity index (χ4n) is 10.3. The maximum atomic E-state index is 14.5. The second-order valence-electron chi connectivity index (χ2n) is 20.2. The van der Waals surface area contributed by atoms with Gasteiger partial charge < -0.3 is 69.0 Å². The highest BCUT2D eigenvalue weighted by molar-refractivity contribution is 6.31. The number of nitrogens with zero attached hydrogens (tertiary/aromatic N) is 3. The summed E-state index contributed by atoms with van der Waals surface area (Å²) in [6.07, 6.45) is -7.30. The number of benzene rings is 1. The number of aliphatic hydroxyl groups excluding tert-OH is 3. The number of fused-ring (bicyclic) bond motifs is 1. The van der Waals surface area contributed by atoms with Crippen molar-refractivity contribution in [2.45, 2.75) is 186 Å². The summed E-state index contributed by atoms with van der Waals surface area (Å²) in [6, 6.07) is 7.08. The Balaban J connectivity index is 1.52. The molecule has 0 amide bonds. The van der Waals surface area contributed by atoms with Gasteiger partial charge >= 0.3 is 5.97 Å². The molecule has 3 aliphatic heterocycles.